The molecule has 0 radical (unpaired) electrons. The predicted molar refractivity (Wildman–Crippen MR) is 83.0 cm³/mol. The fourth-order valence-electron chi connectivity index (χ4n) is 1.88. The van der Waals surface area contributed by atoms with E-state index in [1.165, 1.54) is 12.3 Å². The number of nitrogens with zero attached hydrogens (tertiary/aromatic N) is 3. The van der Waals surface area contributed by atoms with Gasteiger partial charge in [0, 0.05) is 18.7 Å². The van der Waals surface area contributed by atoms with Gasteiger partial charge in [-0.25, -0.2) is 14.8 Å². The average Bonchev–Trinajstić information content (AvgIpc) is 2.57. The predicted octanol–water partition coefficient (Wildman–Crippen LogP) is 2.11. The van der Waals surface area contributed by atoms with E-state index in [-0.39, 0.29) is 5.56 Å². The van der Waals surface area contributed by atoms with Crippen LogP contribution in [0.2, 0.25) is 0 Å². The Morgan fingerprint density at radius 3 is 3.00 bits per heavy atom. The number of pyridine rings is 1. The molecule has 0 spiro atoms. The molecule has 98 valence electrons. The first kappa shape index (κ1) is 13.1. The molecule has 1 aliphatic heterocycles. The molecular weight excluding hydrogens is 476 g/mol. The minimum Gasteiger partial charge on any atom is -0.489 e. The van der Waals surface area contributed by atoms with E-state index in [9.17, 15) is 4.79 Å². The summed E-state index contributed by atoms with van der Waals surface area (Å²) in [6.07, 6.45) is 2.00. The number of carboxylic acids is 1. The van der Waals surface area contributed by atoms with Crippen LogP contribution < -0.4 is 4.74 Å². The zero-order chi connectivity index (χ0) is 13.6. The molecule has 0 saturated carbocycles. The number of ether oxygens (including phenoxy) is 1. The van der Waals surface area contributed by atoms with Gasteiger partial charge in [0.2, 0.25) is 0 Å². The second-order valence-corrected chi connectivity index (χ2v) is 5.94. The van der Waals surface area contributed by atoms with Crippen molar-refractivity contribution in [2.75, 3.05) is 6.61 Å². The van der Waals surface area contributed by atoms with Crippen molar-refractivity contribution >= 4 is 51.2 Å². The molecule has 6 nitrogen and oxygen atoms in total. The molecule has 0 bridgehead atoms. The zero-order valence-electron chi connectivity index (χ0n) is 9.43. The largest absolute Gasteiger partial charge is 0.489 e. The minimum absolute atomic E-state index is 0.118. The summed E-state index contributed by atoms with van der Waals surface area (Å²) in [6.45, 7) is 0.459. The van der Waals surface area contributed by atoms with Gasteiger partial charge in [-0.3, -0.25) is 4.57 Å². The van der Waals surface area contributed by atoms with E-state index in [4.69, 9.17) is 9.84 Å². The monoisotopic (exact) mass is 483 g/mol. The molecule has 1 aliphatic rings. The molecule has 8 heteroatoms. The SMILES string of the molecule is O=C(O)c1cnc2c(c1)OCCc1nc(I)c(I)n1-2. The van der Waals surface area contributed by atoms with Crippen LogP contribution in [0.4, 0.5) is 0 Å². The van der Waals surface area contributed by atoms with Crippen molar-refractivity contribution in [1.82, 2.24) is 14.5 Å². The highest BCUT2D eigenvalue weighted by atomic mass is 127. The fourth-order valence-corrected chi connectivity index (χ4v) is 3.03. The van der Waals surface area contributed by atoms with Crippen LogP contribution in [0.15, 0.2) is 12.3 Å². The normalized spacial score (nSPS) is 13.2. The second kappa shape index (κ2) is 4.89. The Bertz CT molecular complexity index is 684. The number of imidazole rings is 1. The van der Waals surface area contributed by atoms with Crippen LogP contribution in [0, 0.1) is 7.40 Å². The third kappa shape index (κ3) is 2.20. The maximum atomic E-state index is 11.0. The molecule has 19 heavy (non-hydrogen) atoms. The lowest BCUT2D eigenvalue weighted by Gasteiger charge is -2.09. The van der Waals surface area contributed by atoms with E-state index in [1.54, 1.807) is 0 Å². The van der Waals surface area contributed by atoms with Crippen molar-refractivity contribution in [2.24, 2.45) is 0 Å². The first-order valence-corrected chi connectivity index (χ1v) is 7.53. The van der Waals surface area contributed by atoms with Gasteiger partial charge in [-0.1, -0.05) is 0 Å². The van der Waals surface area contributed by atoms with Gasteiger partial charge in [0.25, 0.3) is 0 Å². The summed E-state index contributed by atoms with van der Waals surface area (Å²) in [5, 5.41) is 8.99. The number of hydrogen-bond donors (Lipinski definition) is 1. The summed E-state index contributed by atoms with van der Waals surface area (Å²) in [5.41, 5.74) is 0.118. The van der Waals surface area contributed by atoms with Crippen molar-refractivity contribution in [1.29, 1.82) is 0 Å². The number of aromatic nitrogens is 3. The standard InChI is InChI=1S/C11H7I2N3O3/c12-8-9(13)16-7(15-8)1-2-19-6-3-5(11(17)18)4-14-10(6)16/h3-4H,1-2H2,(H,17,18). The highest BCUT2D eigenvalue weighted by molar-refractivity contribution is 14.1. The second-order valence-electron chi connectivity index (χ2n) is 3.89. The Morgan fingerprint density at radius 1 is 1.47 bits per heavy atom. The third-order valence-electron chi connectivity index (χ3n) is 2.73. The van der Waals surface area contributed by atoms with Crippen LogP contribution >= 0.6 is 45.2 Å². The van der Waals surface area contributed by atoms with Gasteiger partial charge in [-0.2, -0.15) is 0 Å². The zero-order valence-corrected chi connectivity index (χ0v) is 13.7. The van der Waals surface area contributed by atoms with Gasteiger partial charge in [-0.15, -0.1) is 0 Å². The van der Waals surface area contributed by atoms with Crippen LogP contribution in [0.1, 0.15) is 16.2 Å². The minimum atomic E-state index is -1.02. The number of aromatic carboxylic acids is 1. The lowest BCUT2D eigenvalue weighted by atomic mass is 10.2. The maximum absolute atomic E-state index is 11.0. The lowest BCUT2D eigenvalue weighted by Crippen LogP contribution is -2.05. The topological polar surface area (TPSA) is 77.2 Å². The van der Waals surface area contributed by atoms with Crippen LogP contribution in [0.5, 0.6) is 5.75 Å². The molecule has 0 amide bonds. The van der Waals surface area contributed by atoms with Crippen LogP contribution in [-0.4, -0.2) is 32.2 Å². The van der Waals surface area contributed by atoms with E-state index < -0.39 is 5.97 Å². The Hall–Kier alpha value is -0.910. The fraction of sp³-hybridized carbons (Fsp3) is 0.182. The van der Waals surface area contributed by atoms with E-state index >= 15 is 0 Å². The van der Waals surface area contributed by atoms with Gasteiger partial charge in [0.1, 0.15) is 13.2 Å². The van der Waals surface area contributed by atoms with E-state index in [0.29, 0.717) is 24.6 Å². The molecule has 0 aliphatic carbocycles. The lowest BCUT2D eigenvalue weighted by molar-refractivity contribution is 0.0696. The van der Waals surface area contributed by atoms with Crippen LogP contribution in [-0.2, 0) is 6.42 Å². The summed E-state index contributed by atoms with van der Waals surface area (Å²) in [5.74, 6) is 0.934. The average molecular weight is 483 g/mol. The summed E-state index contributed by atoms with van der Waals surface area (Å²) in [7, 11) is 0. The molecule has 0 fully saturated rings. The van der Waals surface area contributed by atoms with Crippen molar-refractivity contribution < 1.29 is 14.6 Å². The number of carbonyl (C=O) groups is 1. The molecule has 0 unspecified atom stereocenters. The molecule has 0 aromatic carbocycles. The van der Waals surface area contributed by atoms with Crippen molar-refractivity contribution in [3.63, 3.8) is 0 Å². The molecule has 0 saturated heterocycles. The summed E-state index contributed by atoms with van der Waals surface area (Å²) in [4.78, 5) is 19.7. The quantitative estimate of drug-likeness (QED) is 0.630. The van der Waals surface area contributed by atoms with Crippen molar-refractivity contribution in [2.45, 2.75) is 6.42 Å². The van der Waals surface area contributed by atoms with E-state index in [1.807, 2.05) is 4.57 Å². The molecule has 2 aromatic rings. The van der Waals surface area contributed by atoms with Gasteiger partial charge < -0.3 is 9.84 Å². The smallest absolute Gasteiger partial charge is 0.337 e. The summed E-state index contributed by atoms with van der Waals surface area (Å²) < 4.78 is 9.36. The Kier molecular flexibility index (Phi) is 3.37. The number of halogens is 2. The summed E-state index contributed by atoms with van der Waals surface area (Å²) in [6, 6.07) is 1.50. The number of carboxylic acid groups (broad SMARTS) is 1. The molecule has 0 atom stereocenters. The summed E-state index contributed by atoms with van der Waals surface area (Å²) >= 11 is 4.37. The first-order chi connectivity index (χ1) is 9.08. The molecular formula is C11H7I2N3O3. The maximum Gasteiger partial charge on any atom is 0.337 e. The molecule has 3 rings (SSSR count). The third-order valence-corrected chi connectivity index (χ3v) is 5.50. The Balaban J connectivity index is 2.24. The number of fused-ring (bicyclic) bond motifs is 3. The van der Waals surface area contributed by atoms with E-state index in [2.05, 4.69) is 55.1 Å². The van der Waals surface area contributed by atoms with Gasteiger partial charge in [0.15, 0.2) is 11.6 Å². The van der Waals surface area contributed by atoms with Crippen LogP contribution in [0.3, 0.4) is 0 Å². The molecule has 1 N–H and O–H groups in total. The van der Waals surface area contributed by atoms with Crippen molar-refractivity contribution in [3.05, 3.63) is 31.1 Å². The molecule has 2 aromatic heterocycles. The highest BCUT2D eigenvalue weighted by Gasteiger charge is 2.23. The van der Waals surface area contributed by atoms with E-state index in [0.717, 1.165) is 13.2 Å². The first-order valence-electron chi connectivity index (χ1n) is 5.37. The number of hydrogen-bond acceptors (Lipinski definition) is 4. The highest BCUT2D eigenvalue weighted by Crippen LogP contribution is 2.30. The van der Waals surface area contributed by atoms with Gasteiger partial charge in [0.05, 0.1) is 12.2 Å². The number of rotatable bonds is 1. The Morgan fingerprint density at radius 2 is 2.26 bits per heavy atom. The Labute approximate surface area is 135 Å². The molecule has 3 heterocycles. The van der Waals surface area contributed by atoms with Gasteiger partial charge in [-0.05, 0) is 45.2 Å². The van der Waals surface area contributed by atoms with Gasteiger partial charge >= 0.3 is 5.97 Å². The van der Waals surface area contributed by atoms with Crippen LogP contribution in [0.25, 0.3) is 5.82 Å². The van der Waals surface area contributed by atoms with Crippen molar-refractivity contribution in [3.8, 4) is 11.6 Å².